The van der Waals surface area contributed by atoms with Crippen LogP contribution < -0.4 is 20.7 Å². The van der Waals surface area contributed by atoms with Crippen LogP contribution in [0.15, 0.2) is 21.5 Å². The summed E-state index contributed by atoms with van der Waals surface area (Å²) >= 11 is 2.87. The van der Waals surface area contributed by atoms with Gasteiger partial charge < -0.3 is 49.8 Å². The molecule has 0 aliphatic heterocycles. The van der Waals surface area contributed by atoms with Crippen molar-refractivity contribution < 1.29 is 79.5 Å². The van der Waals surface area contributed by atoms with Crippen molar-refractivity contribution in [3.63, 3.8) is 0 Å². The summed E-state index contributed by atoms with van der Waals surface area (Å²) in [4.78, 5) is 58.2. The number of nitrogens with one attached hydrogen (secondary N) is 3. The molecule has 0 radical (unpaired) electrons. The zero-order valence-electron chi connectivity index (χ0n) is 38.9. The molecule has 1 atom stereocenters. The van der Waals surface area contributed by atoms with Crippen molar-refractivity contribution in [3.05, 3.63) is 22.2 Å². The van der Waals surface area contributed by atoms with Crippen molar-refractivity contribution in [2.24, 2.45) is 0 Å². The molecule has 1 aromatic carbocycles. The summed E-state index contributed by atoms with van der Waals surface area (Å²) in [5.41, 5.74) is -1.45. The van der Waals surface area contributed by atoms with E-state index in [2.05, 4.69) is 31.9 Å². The van der Waals surface area contributed by atoms with Gasteiger partial charge in [0.05, 0.1) is 46.2 Å². The van der Waals surface area contributed by atoms with E-state index in [1.807, 2.05) is 0 Å². The van der Waals surface area contributed by atoms with Crippen molar-refractivity contribution in [1.82, 2.24) is 20.3 Å². The molecular weight excluding hydrogens is 977 g/mol. The lowest BCUT2D eigenvalue weighted by Gasteiger charge is -2.19. The van der Waals surface area contributed by atoms with E-state index in [-0.39, 0.29) is 81.5 Å². The Hall–Kier alpha value is -3.45. The Balaban J connectivity index is 2.03. The molecule has 0 saturated carbocycles. The summed E-state index contributed by atoms with van der Waals surface area (Å²) < 4.78 is 93.3. The largest absolute Gasteiger partial charge is 0.481 e. The minimum atomic E-state index is -5.02. The molecule has 0 heterocycles. The number of rotatable bonds is 42. The van der Waals surface area contributed by atoms with Crippen LogP contribution in [0.4, 0.5) is 13.2 Å². The molecular formula is C44H72BrF3N4O14S. The lowest BCUT2D eigenvalue weighted by molar-refractivity contribution is -0.145. The number of unbranched alkanes of at least 4 members (excludes halogenated alkanes) is 13. The quantitative estimate of drug-likeness (QED) is 0.0283. The molecule has 1 rings (SSSR count). The monoisotopic (exact) mass is 1050 g/mol. The average Bonchev–Trinajstić information content (AvgIpc) is 3.25. The lowest BCUT2D eigenvalue weighted by Crippen LogP contribution is -2.41. The van der Waals surface area contributed by atoms with Gasteiger partial charge in [0.15, 0.2) is 5.75 Å². The number of carboxylic acids is 2. The first-order valence-electron chi connectivity index (χ1n) is 22.9. The molecule has 0 aromatic heterocycles. The topological polar surface area (TPSA) is 245 Å². The van der Waals surface area contributed by atoms with Gasteiger partial charge in [-0.15, -0.1) is 0 Å². The number of hydrogen-bond donors (Lipinski definition) is 5. The summed E-state index contributed by atoms with van der Waals surface area (Å²) in [5.74, 6) is -5.00. The second-order valence-electron chi connectivity index (χ2n) is 15.9. The van der Waals surface area contributed by atoms with Gasteiger partial charge in [-0.1, -0.05) is 93.0 Å². The second kappa shape index (κ2) is 36.5. The molecule has 2 amide bonds. The van der Waals surface area contributed by atoms with Crippen LogP contribution in [0.25, 0.3) is 0 Å². The fourth-order valence-corrected chi connectivity index (χ4v) is 8.03. The van der Waals surface area contributed by atoms with Gasteiger partial charge in [0, 0.05) is 57.5 Å². The number of ether oxygens (including phenoxy) is 5. The number of alkyl halides is 3. The van der Waals surface area contributed by atoms with E-state index >= 15 is 0 Å². The van der Waals surface area contributed by atoms with Gasteiger partial charge in [-0.25, -0.2) is 22.3 Å². The summed E-state index contributed by atoms with van der Waals surface area (Å²) in [6.45, 7) is 1.87. The maximum absolute atomic E-state index is 13.7. The Kier molecular flexibility index (Phi) is 33.6. The van der Waals surface area contributed by atoms with Gasteiger partial charge in [0.25, 0.3) is 0 Å². The maximum atomic E-state index is 13.7. The zero-order chi connectivity index (χ0) is 49.9. The third kappa shape index (κ3) is 30.6. The molecule has 0 spiro atoms. The van der Waals surface area contributed by atoms with Crippen LogP contribution >= 0.6 is 15.9 Å². The van der Waals surface area contributed by atoms with Crippen molar-refractivity contribution in [3.8, 4) is 5.75 Å². The molecule has 0 fully saturated rings. The average molecular weight is 1050 g/mol. The number of carbonyl (C=O) groups is 5. The molecule has 18 nitrogen and oxygen atoms in total. The normalized spacial score (nSPS) is 12.3. The Morgan fingerprint density at radius 1 is 0.672 bits per heavy atom. The van der Waals surface area contributed by atoms with Crippen LogP contribution in [0.2, 0.25) is 0 Å². The molecule has 0 saturated heterocycles. The molecule has 67 heavy (non-hydrogen) atoms. The predicted octanol–water partition coefficient (Wildman–Crippen LogP) is 6.07. The number of aliphatic carboxylic acids is 2. The first-order chi connectivity index (χ1) is 31.9. The third-order valence-corrected chi connectivity index (χ3v) is 12.3. The highest BCUT2D eigenvalue weighted by Crippen LogP contribution is 2.42. The van der Waals surface area contributed by atoms with Gasteiger partial charge >= 0.3 is 24.1 Å². The van der Waals surface area contributed by atoms with E-state index in [4.69, 9.17) is 28.8 Å². The third-order valence-electron chi connectivity index (χ3n) is 10.0. The van der Waals surface area contributed by atoms with E-state index in [0.717, 1.165) is 65.1 Å². The fourth-order valence-electron chi connectivity index (χ4n) is 6.36. The summed E-state index contributed by atoms with van der Waals surface area (Å²) in [6.07, 6.45) is 10.3. The Morgan fingerprint density at radius 2 is 1.15 bits per heavy atom. The van der Waals surface area contributed by atoms with Gasteiger partial charge in [0.1, 0.15) is 23.1 Å². The number of nitrogens with zero attached hydrogens (tertiary/aromatic N) is 1. The summed E-state index contributed by atoms with van der Waals surface area (Å²) in [7, 11) is -2.16. The smallest absolute Gasteiger partial charge is 0.420 e. The Morgan fingerprint density at radius 3 is 1.63 bits per heavy atom. The summed E-state index contributed by atoms with van der Waals surface area (Å²) in [6, 6.07) is 0.373. The highest BCUT2D eigenvalue weighted by molar-refractivity contribution is 9.10. The van der Waals surface area contributed by atoms with E-state index in [1.165, 1.54) is 38.5 Å². The fraction of sp³-hybridized carbons (Fsp3) is 0.750. The molecule has 0 unspecified atom stereocenters. The van der Waals surface area contributed by atoms with Crippen LogP contribution in [0.5, 0.6) is 5.75 Å². The van der Waals surface area contributed by atoms with Gasteiger partial charge in [-0.3, -0.25) is 14.4 Å². The minimum absolute atomic E-state index is 0.0355. The number of amides is 2. The van der Waals surface area contributed by atoms with Crippen LogP contribution in [-0.2, 0) is 59.1 Å². The van der Waals surface area contributed by atoms with Crippen LogP contribution in [0.3, 0.4) is 0 Å². The highest BCUT2D eigenvalue weighted by atomic mass is 79.9. The number of benzene rings is 1. The lowest BCUT2D eigenvalue weighted by atomic mass is 10.0. The Labute approximate surface area is 401 Å². The van der Waals surface area contributed by atoms with Gasteiger partial charge in [0.2, 0.25) is 21.8 Å². The minimum Gasteiger partial charge on any atom is -0.481 e. The van der Waals surface area contributed by atoms with Crippen molar-refractivity contribution in [1.29, 1.82) is 0 Å². The molecule has 23 heteroatoms. The maximum Gasteiger partial charge on any atom is 0.420 e. The van der Waals surface area contributed by atoms with Crippen molar-refractivity contribution >= 4 is 55.7 Å². The van der Waals surface area contributed by atoms with E-state index in [0.29, 0.717) is 43.1 Å². The number of carbonyl (C=O) groups excluding carboxylic acids is 3. The standard InChI is InChI=1S/C44H72BrF3N4O14S/c1-52(2)67(60,61)37-32-34(45)31-35(44(46,47)48)42(37)66-41(57)33-65-30-29-63-25-22-49-21-24-62-27-28-64-26-23-50-38(53)20-19-36(43(58)59)51-39(54)17-15-13-11-9-7-5-3-4-6-8-10-12-14-16-18-40(55)56/h31-32,36,49H,3-30,33H2,1-2H3,(H,50,53)(H,51,54)(H,55,56)(H,58,59)/t36-/m0/s1. The first-order valence-corrected chi connectivity index (χ1v) is 25.2. The molecule has 5 N–H and O–H groups in total. The Bertz CT molecular complexity index is 1710. The molecule has 1 aromatic rings. The van der Waals surface area contributed by atoms with Gasteiger partial charge in [-0.2, -0.15) is 13.2 Å². The summed E-state index contributed by atoms with van der Waals surface area (Å²) in [5, 5.41) is 26.5. The van der Waals surface area contributed by atoms with Crippen molar-refractivity contribution in [2.75, 3.05) is 86.6 Å². The van der Waals surface area contributed by atoms with E-state index in [9.17, 15) is 50.7 Å². The predicted molar refractivity (Wildman–Crippen MR) is 245 cm³/mol. The van der Waals surface area contributed by atoms with Crippen LogP contribution in [-0.4, -0.2) is 145 Å². The SMILES string of the molecule is CN(C)S(=O)(=O)c1cc(Br)cc(C(F)(F)F)c1OC(=O)COCCOCCNCCOCCOCCNC(=O)CC[C@H](NC(=O)CCCCCCCCCCCCCCCCC(=O)O)C(=O)O. The molecule has 0 bridgehead atoms. The second-order valence-corrected chi connectivity index (χ2v) is 18.9. The zero-order valence-corrected chi connectivity index (χ0v) is 41.3. The number of hydrogen-bond acceptors (Lipinski definition) is 13. The van der Waals surface area contributed by atoms with Crippen LogP contribution in [0.1, 0.15) is 121 Å². The molecule has 386 valence electrons. The van der Waals surface area contributed by atoms with Crippen molar-refractivity contribution in [2.45, 2.75) is 133 Å². The number of carboxylic acid groups (broad SMARTS) is 2. The number of sulfonamides is 1. The van der Waals surface area contributed by atoms with E-state index in [1.54, 1.807) is 0 Å². The number of esters is 1. The first kappa shape index (κ1) is 61.6. The molecule has 0 aliphatic rings. The molecule has 0 aliphatic carbocycles. The van der Waals surface area contributed by atoms with Gasteiger partial charge in [-0.05, 0) is 31.4 Å². The van der Waals surface area contributed by atoms with Crippen LogP contribution in [0, 0.1) is 0 Å². The highest BCUT2D eigenvalue weighted by Gasteiger charge is 2.39. The van der Waals surface area contributed by atoms with E-state index < -0.39 is 63.0 Å². The number of halogens is 4.